The SMILES string of the molecule is O=C(NCCc1c[nH]c2ccccc12)N1CCCCCC1. The zero-order valence-electron chi connectivity index (χ0n) is 12.4. The Labute approximate surface area is 125 Å². The predicted molar refractivity (Wildman–Crippen MR) is 85.4 cm³/mol. The summed E-state index contributed by atoms with van der Waals surface area (Å²) in [6.45, 7) is 2.50. The molecule has 0 bridgehead atoms. The van der Waals surface area contributed by atoms with Crippen LogP contribution < -0.4 is 5.32 Å². The molecule has 2 N–H and O–H groups in total. The fourth-order valence-corrected chi connectivity index (χ4v) is 3.03. The first-order valence-corrected chi connectivity index (χ1v) is 7.92. The van der Waals surface area contributed by atoms with Crippen molar-refractivity contribution in [3.05, 3.63) is 36.0 Å². The maximum atomic E-state index is 12.1. The molecule has 2 aromatic rings. The Morgan fingerprint density at radius 1 is 1.14 bits per heavy atom. The van der Waals surface area contributed by atoms with E-state index in [-0.39, 0.29) is 6.03 Å². The number of benzene rings is 1. The van der Waals surface area contributed by atoms with Crippen LogP contribution in [0.2, 0.25) is 0 Å². The normalized spacial score (nSPS) is 15.9. The third-order valence-electron chi connectivity index (χ3n) is 4.24. The Kier molecular flexibility index (Phi) is 4.43. The average Bonchev–Trinajstić information content (AvgIpc) is 2.74. The largest absolute Gasteiger partial charge is 0.361 e. The monoisotopic (exact) mass is 285 g/mol. The number of H-pyrrole nitrogens is 1. The number of amides is 2. The van der Waals surface area contributed by atoms with Crippen molar-refractivity contribution in [1.29, 1.82) is 0 Å². The van der Waals surface area contributed by atoms with Crippen molar-refractivity contribution in [3.8, 4) is 0 Å². The van der Waals surface area contributed by atoms with Crippen molar-refractivity contribution >= 4 is 16.9 Å². The van der Waals surface area contributed by atoms with E-state index in [9.17, 15) is 4.79 Å². The van der Waals surface area contributed by atoms with Gasteiger partial charge in [0.25, 0.3) is 0 Å². The van der Waals surface area contributed by atoms with Gasteiger partial charge in [-0.05, 0) is 30.9 Å². The van der Waals surface area contributed by atoms with E-state index < -0.39 is 0 Å². The van der Waals surface area contributed by atoms with Gasteiger partial charge in [-0.2, -0.15) is 0 Å². The van der Waals surface area contributed by atoms with E-state index in [2.05, 4.69) is 28.5 Å². The van der Waals surface area contributed by atoms with Crippen LogP contribution in [-0.4, -0.2) is 35.5 Å². The molecule has 1 aromatic heterocycles. The zero-order valence-corrected chi connectivity index (χ0v) is 12.4. The summed E-state index contributed by atoms with van der Waals surface area (Å²) in [5, 5.41) is 4.31. The highest BCUT2D eigenvalue weighted by Crippen LogP contribution is 2.17. The van der Waals surface area contributed by atoms with Gasteiger partial charge in [0.15, 0.2) is 0 Å². The minimum Gasteiger partial charge on any atom is -0.361 e. The second-order valence-electron chi connectivity index (χ2n) is 5.74. The summed E-state index contributed by atoms with van der Waals surface area (Å²) in [5.74, 6) is 0. The first-order chi connectivity index (χ1) is 10.3. The molecule has 0 unspecified atom stereocenters. The molecule has 1 saturated heterocycles. The Bertz CT molecular complexity index is 597. The topological polar surface area (TPSA) is 48.1 Å². The first-order valence-electron chi connectivity index (χ1n) is 7.92. The standard InChI is InChI=1S/C17H23N3O/c21-17(20-11-5-1-2-6-12-20)18-10-9-14-13-19-16-8-4-3-7-15(14)16/h3-4,7-8,13,19H,1-2,5-6,9-12H2,(H,18,21). The van der Waals surface area contributed by atoms with Crippen LogP contribution >= 0.6 is 0 Å². The molecule has 21 heavy (non-hydrogen) atoms. The van der Waals surface area contributed by atoms with E-state index >= 15 is 0 Å². The number of fused-ring (bicyclic) bond motifs is 1. The fourth-order valence-electron chi connectivity index (χ4n) is 3.03. The molecule has 2 amide bonds. The lowest BCUT2D eigenvalue weighted by molar-refractivity contribution is 0.200. The van der Waals surface area contributed by atoms with Gasteiger partial charge in [0.05, 0.1) is 0 Å². The molecule has 0 saturated carbocycles. The molecule has 2 heterocycles. The van der Waals surface area contributed by atoms with Crippen LogP contribution in [-0.2, 0) is 6.42 Å². The lowest BCUT2D eigenvalue weighted by Gasteiger charge is -2.20. The van der Waals surface area contributed by atoms with Crippen LogP contribution in [0.1, 0.15) is 31.2 Å². The quantitative estimate of drug-likeness (QED) is 0.893. The van der Waals surface area contributed by atoms with E-state index in [1.165, 1.54) is 23.8 Å². The lowest BCUT2D eigenvalue weighted by atomic mass is 10.1. The molecule has 0 atom stereocenters. The summed E-state index contributed by atoms with van der Waals surface area (Å²) in [6, 6.07) is 8.38. The molecule has 0 spiro atoms. The number of para-hydroxylation sites is 1. The summed E-state index contributed by atoms with van der Waals surface area (Å²) in [7, 11) is 0. The number of aromatic amines is 1. The molecule has 3 rings (SSSR count). The van der Waals surface area contributed by atoms with Crippen molar-refractivity contribution in [1.82, 2.24) is 15.2 Å². The van der Waals surface area contributed by atoms with Crippen LogP contribution in [0.4, 0.5) is 4.79 Å². The molecule has 0 aliphatic carbocycles. The summed E-state index contributed by atoms with van der Waals surface area (Å²) in [4.78, 5) is 17.4. The van der Waals surface area contributed by atoms with Crippen LogP contribution in [0.25, 0.3) is 10.9 Å². The number of aromatic nitrogens is 1. The second kappa shape index (κ2) is 6.66. The molecular weight excluding hydrogens is 262 g/mol. The number of hydrogen-bond donors (Lipinski definition) is 2. The molecule has 4 heteroatoms. The number of likely N-dealkylation sites (tertiary alicyclic amines) is 1. The Hall–Kier alpha value is -1.97. The van der Waals surface area contributed by atoms with Crippen molar-refractivity contribution in [2.75, 3.05) is 19.6 Å². The van der Waals surface area contributed by atoms with Gasteiger partial charge < -0.3 is 15.2 Å². The molecule has 1 aliphatic heterocycles. The second-order valence-corrected chi connectivity index (χ2v) is 5.74. The van der Waals surface area contributed by atoms with Crippen molar-refractivity contribution in [2.45, 2.75) is 32.1 Å². The Morgan fingerprint density at radius 3 is 2.71 bits per heavy atom. The van der Waals surface area contributed by atoms with E-state index in [0.29, 0.717) is 6.54 Å². The van der Waals surface area contributed by atoms with Crippen molar-refractivity contribution in [3.63, 3.8) is 0 Å². The number of rotatable bonds is 3. The van der Waals surface area contributed by atoms with Gasteiger partial charge in [-0.25, -0.2) is 4.79 Å². The van der Waals surface area contributed by atoms with E-state index in [4.69, 9.17) is 0 Å². The summed E-state index contributed by atoms with van der Waals surface area (Å²) < 4.78 is 0. The molecule has 0 radical (unpaired) electrons. The average molecular weight is 285 g/mol. The molecule has 112 valence electrons. The minimum atomic E-state index is 0.0942. The smallest absolute Gasteiger partial charge is 0.317 e. The number of urea groups is 1. The van der Waals surface area contributed by atoms with Gasteiger partial charge in [-0.3, -0.25) is 0 Å². The van der Waals surface area contributed by atoms with E-state index in [0.717, 1.165) is 37.9 Å². The number of nitrogens with one attached hydrogen (secondary N) is 2. The highest BCUT2D eigenvalue weighted by molar-refractivity contribution is 5.83. The fraction of sp³-hybridized carbons (Fsp3) is 0.471. The number of carbonyl (C=O) groups excluding carboxylic acids is 1. The summed E-state index contributed by atoms with van der Waals surface area (Å²) >= 11 is 0. The highest BCUT2D eigenvalue weighted by Gasteiger charge is 2.14. The van der Waals surface area contributed by atoms with Crippen molar-refractivity contribution in [2.24, 2.45) is 0 Å². The van der Waals surface area contributed by atoms with Crippen LogP contribution in [0.5, 0.6) is 0 Å². The number of carbonyl (C=O) groups is 1. The van der Waals surface area contributed by atoms with Crippen molar-refractivity contribution < 1.29 is 4.79 Å². The Balaban J connectivity index is 1.52. The maximum absolute atomic E-state index is 12.1. The molecule has 1 fully saturated rings. The lowest BCUT2D eigenvalue weighted by Crippen LogP contribution is -2.41. The van der Waals surface area contributed by atoms with Crippen LogP contribution in [0.15, 0.2) is 30.5 Å². The van der Waals surface area contributed by atoms with Gasteiger partial charge in [0.2, 0.25) is 0 Å². The highest BCUT2D eigenvalue weighted by atomic mass is 16.2. The van der Waals surface area contributed by atoms with Gasteiger partial charge in [-0.1, -0.05) is 31.0 Å². The van der Waals surface area contributed by atoms with Crippen LogP contribution in [0.3, 0.4) is 0 Å². The molecule has 1 aromatic carbocycles. The Morgan fingerprint density at radius 2 is 1.90 bits per heavy atom. The molecular formula is C17H23N3O. The summed E-state index contributed by atoms with van der Waals surface area (Å²) in [6.07, 6.45) is 7.68. The van der Waals surface area contributed by atoms with E-state index in [1.807, 2.05) is 17.2 Å². The predicted octanol–water partition coefficient (Wildman–Crippen LogP) is 3.30. The van der Waals surface area contributed by atoms with Gasteiger partial charge in [0, 0.05) is 36.7 Å². The van der Waals surface area contributed by atoms with Crippen LogP contribution in [0, 0.1) is 0 Å². The van der Waals surface area contributed by atoms with Gasteiger partial charge >= 0.3 is 6.03 Å². The van der Waals surface area contributed by atoms with E-state index in [1.54, 1.807) is 0 Å². The zero-order chi connectivity index (χ0) is 14.5. The molecule has 1 aliphatic rings. The molecule has 4 nitrogen and oxygen atoms in total. The third-order valence-corrected chi connectivity index (χ3v) is 4.24. The summed E-state index contributed by atoms with van der Waals surface area (Å²) in [5.41, 5.74) is 2.42. The van der Waals surface area contributed by atoms with Gasteiger partial charge in [0.1, 0.15) is 0 Å². The number of hydrogen-bond acceptors (Lipinski definition) is 1. The maximum Gasteiger partial charge on any atom is 0.317 e. The van der Waals surface area contributed by atoms with Gasteiger partial charge in [-0.15, -0.1) is 0 Å². The third kappa shape index (κ3) is 3.38. The number of nitrogens with zero attached hydrogens (tertiary/aromatic N) is 1. The minimum absolute atomic E-state index is 0.0942. The first kappa shape index (κ1) is 14.0.